The third-order valence-corrected chi connectivity index (χ3v) is 6.57. The zero-order chi connectivity index (χ0) is 18.4. The number of aryl methyl sites for hydroxylation is 1. The average Bonchev–Trinajstić information content (AvgIpc) is 2.61. The smallest absolute Gasteiger partial charge is 0.243 e. The molecule has 0 radical (unpaired) electrons. The van der Waals surface area contributed by atoms with E-state index in [1.807, 2.05) is 38.1 Å². The molecule has 0 unspecified atom stereocenters. The minimum absolute atomic E-state index is 0.0335. The second kappa shape index (κ2) is 8.78. The van der Waals surface area contributed by atoms with Crippen molar-refractivity contribution in [2.75, 3.05) is 40.3 Å². The predicted molar refractivity (Wildman–Crippen MR) is 98.9 cm³/mol. The highest BCUT2D eigenvalue weighted by Gasteiger charge is 2.31. The van der Waals surface area contributed by atoms with Crippen molar-refractivity contribution in [3.8, 4) is 0 Å². The highest BCUT2D eigenvalue weighted by Crippen LogP contribution is 2.24. The molecule has 1 aromatic rings. The summed E-state index contributed by atoms with van der Waals surface area (Å²) in [5, 5.41) is 2.93. The molecular formula is C18H29N3O3S. The maximum absolute atomic E-state index is 12.7. The number of carbonyl (C=O) groups is 1. The Morgan fingerprint density at radius 3 is 2.32 bits per heavy atom. The van der Waals surface area contributed by atoms with E-state index >= 15 is 0 Å². The molecule has 2 rings (SSSR count). The first-order chi connectivity index (χ1) is 11.8. The summed E-state index contributed by atoms with van der Waals surface area (Å²) in [5.41, 5.74) is 1.12. The third-order valence-electron chi connectivity index (χ3n) is 4.65. The first-order valence-corrected chi connectivity index (χ1v) is 10.3. The van der Waals surface area contributed by atoms with Gasteiger partial charge in [0.1, 0.15) is 0 Å². The lowest BCUT2D eigenvalue weighted by molar-refractivity contribution is -0.126. The van der Waals surface area contributed by atoms with E-state index in [1.54, 1.807) is 12.1 Å². The normalized spacial score (nSPS) is 17.0. The van der Waals surface area contributed by atoms with Crippen molar-refractivity contribution < 1.29 is 13.2 Å². The maximum atomic E-state index is 12.7. The molecule has 0 saturated carbocycles. The van der Waals surface area contributed by atoms with E-state index in [4.69, 9.17) is 0 Å². The Balaban J connectivity index is 1.90. The average molecular weight is 368 g/mol. The Hall–Kier alpha value is -1.44. The summed E-state index contributed by atoms with van der Waals surface area (Å²) in [6.45, 7) is 4.24. The molecule has 0 aromatic heterocycles. The lowest BCUT2D eigenvalue weighted by atomic mass is 9.97. The van der Waals surface area contributed by atoms with Crippen LogP contribution in [0.5, 0.6) is 0 Å². The van der Waals surface area contributed by atoms with Crippen LogP contribution in [0.15, 0.2) is 29.2 Å². The first-order valence-electron chi connectivity index (χ1n) is 8.86. The molecule has 25 heavy (non-hydrogen) atoms. The Kier molecular flexibility index (Phi) is 6.98. The van der Waals surface area contributed by atoms with Crippen LogP contribution in [-0.4, -0.2) is 63.8 Å². The standard InChI is InChI=1S/C18H29N3O3S/c1-4-15-5-7-17(8-6-15)25(23,24)21-12-9-16(10-13-21)18(22)19-11-14-20(2)3/h5-8,16H,4,9-14H2,1-3H3,(H,19,22). The van der Waals surface area contributed by atoms with Crippen LogP contribution >= 0.6 is 0 Å². The number of carbonyl (C=O) groups excluding carboxylic acids is 1. The Morgan fingerprint density at radius 2 is 1.80 bits per heavy atom. The molecule has 7 heteroatoms. The topological polar surface area (TPSA) is 69.7 Å². The Morgan fingerprint density at radius 1 is 1.20 bits per heavy atom. The molecule has 1 heterocycles. The molecule has 1 fully saturated rings. The van der Waals surface area contributed by atoms with Gasteiger partial charge < -0.3 is 10.2 Å². The van der Waals surface area contributed by atoms with E-state index in [0.29, 0.717) is 37.4 Å². The summed E-state index contributed by atoms with van der Waals surface area (Å²) in [7, 11) is 0.452. The quantitative estimate of drug-likeness (QED) is 0.789. The first kappa shape index (κ1) is 19.9. The fourth-order valence-corrected chi connectivity index (χ4v) is 4.42. The SMILES string of the molecule is CCc1ccc(S(=O)(=O)N2CCC(C(=O)NCCN(C)C)CC2)cc1. The number of hydrogen-bond donors (Lipinski definition) is 1. The van der Waals surface area contributed by atoms with Gasteiger partial charge >= 0.3 is 0 Å². The highest BCUT2D eigenvalue weighted by molar-refractivity contribution is 7.89. The molecule has 1 saturated heterocycles. The maximum Gasteiger partial charge on any atom is 0.243 e. The zero-order valence-corrected chi connectivity index (χ0v) is 16.2. The van der Waals surface area contributed by atoms with Gasteiger partial charge in [0.25, 0.3) is 0 Å². The molecule has 140 valence electrons. The van der Waals surface area contributed by atoms with Gasteiger partial charge in [-0.25, -0.2) is 8.42 Å². The number of nitrogens with zero attached hydrogens (tertiary/aromatic N) is 2. The molecule has 1 aromatic carbocycles. The number of sulfonamides is 1. The Bertz CT molecular complexity index is 663. The molecule has 1 N–H and O–H groups in total. The van der Waals surface area contributed by atoms with Crippen molar-refractivity contribution in [1.82, 2.24) is 14.5 Å². The summed E-state index contributed by atoms with van der Waals surface area (Å²) in [6, 6.07) is 7.07. The van der Waals surface area contributed by atoms with Crippen LogP contribution in [0.4, 0.5) is 0 Å². The van der Waals surface area contributed by atoms with Crippen LogP contribution in [0.1, 0.15) is 25.3 Å². The molecule has 6 nitrogen and oxygen atoms in total. The number of nitrogens with one attached hydrogen (secondary N) is 1. The van der Waals surface area contributed by atoms with Crippen molar-refractivity contribution in [2.24, 2.45) is 5.92 Å². The van der Waals surface area contributed by atoms with Crippen LogP contribution < -0.4 is 5.32 Å². The zero-order valence-electron chi connectivity index (χ0n) is 15.4. The van der Waals surface area contributed by atoms with Gasteiger partial charge in [-0.15, -0.1) is 0 Å². The minimum Gasteiger partial charge on any atom is -0.355 e. The second-order valence-electron chi connectivity index (χ2n) is 6.77. The van der Waals surface area contributed by atoms with Gasteiger partial charge in [0.05, 0.1) is 4.90 Å². The summed E-state index contributed by atoms with van der Waals surface area (Å²) in [5.74, 6) is -0.0673. The molecule has 0 atom stereocenters. The van der Waals surface area contributed by atoms with E-state index in [9.17, 15) is 13.2 Å². The van der Waals surface area contributed by atoms with E-state index < -0.39 is 10.0 Å². The largest absolute Gasteiger partial charge is 0.355 e. The molecule has 1 amide bonds. The van der Waals surface area contributed by atoms with Gasteiger partial charge in [-0.1, -0.05) is 19.1 Å². The molecule has 0 aliphatic carbocycles. The van der Waals surface area contributed by atoms with Crippen LogP contribution in [0.25, 0.3) is 0 Å². The van der Waals surface area contributed by atoms with E-state index in [1.165, 1.54) is 4.31 Å². The predicted octanol–water partition coefficient (Wildman–Crippen LogP) is 1.33. The van der Waals surface area contributed by atoms with E-state index in [0.717, 1.165) is 18.5 Å². The van der Waals surface area contributed by atoms with Gasteiger partial charge in [0.2, 0.25) is 15.9 Å². The monoisotopic (exact) mass is 367 g/mol. The number of piperidine rings is 1. The number of amides is 1. The van der Waals surface area contributed by atoms with Crippen molar-refractivity contribution in [2.45, 2.75) is 31.1 Å². The van der Waals surface area contributed by atoms with Crippen molar-refractivity contribution >= 4 is 15.9 Å². The van der Waals surface area contributed by atoms with E-state index in [2.05, 4.69) is 5.32 Å². The summed E-state index contributed by atoms with van der Waals surface area (Å²) in [4.78, 5) is 14.5. The number of likely N-dealkylation sites (N-methyl/N-ethyl adjacent to an activating group) is 1. The number of hydrogen-bond acceptors (Lipinski definition) is 4. The molecule has 0 bridgehead atoms. The number of rotatable bonds is 7. The van der Waals surface area contributed by atoms with Gasteiger partial charge in [-0.05, 0) is 51.1 Å². The molecular weight excluding hydrogens is 338 g/mol. The highest BCUT2D eigenvalue weighted by atomic mass is 32.2. The molecule has 1 aliphatic heterocycles. The van der Waals surface area contributed by atoms with Gasteiger partial charge in [-0.2, -0.15) is 4.31 Å². The van der Waals surface area contributed by atoms with Crippen LogP contribution in [0, 0.1) is 5.92 Å². The Labute approximate surface area is 151 Å². The van der Waals surface area contributed by atoms with Gasteiger partial charge in [-0.3, -0.25) is 4.79 Å². The molecule has 0 spiro atoms. The van der Waals surface area contributed by atoms with Gasteiger partial charge in [0, 0.05) is 32.1 Å². The summed E-state index contributed by atoms with van der Waals surface area (Å²) >= 11 is 0. The fourth-order valence-electron chi connectivity index (χ4n) is 2.95. The fraction of sp³-hybridized carbons (Fsp3) is 0.611. The van der Waals surface area contributed by atoms with Crippen LogP contribution in [0.2, 0.25) is 0 Å². The van der Waals surface area contributed by atoms with Crippen molar-refractivity contribution in [3.63, 3.8) is 0 Å². The lowest BCUT2D eigenvalue weighted by Gasteiger charge is -2.30. The number of benzene rings is 1. The summed E-state index contributed by atoms with van der Waals surface area (Å²) < 4.78 is 27.0. The second-order valence-corrected chi connectivity index (χ2v) is 8.71. The van der Waals surface area contributed by atoms with Crippen molar-refractivity contribution in [3.05, 3.63) is 29.8 Å². The third kappa shape index (κ3) is 5.26. The van der Waals surface area contributed by atoms with Crippen LogP contribution in [-0.2, 0) is 21.2 Å². The van der Waals surface area contributed by atoms with E-state index in [-0.39, 0.29) is 11.8 Å². The molecule has 1 aliphatic rings. The lowest BCUT2D eigenvalue weighted by Crippen LogP contribution is -2.43. The summed E-state index contributed by atoms with van der Waals surface area (Å²) in [6.07, 6.45) is 2.02. The minimum atomic E-state index is -3.47. The van der Waals surface area contributed by atoms with Crippen LogP contribution in [0.3, 0.4) is 0 Å². The van der Waals surface area contributed by atoms with Gasteiger partial charge in [0.15, 0.2) is 0 Å². The van der Waals surface area contributed by atoms with Crippen molar-refractivity contribution in [1.29, 1.82) is 0 Å².